The minimum Gasteiger partial charge on any atom is -0.324 e. The lowest BCUT2D eigenvalue weighted by molar-refractivity contribution is 0.111. The second-order valence-corrected chi connectivity index (χ2v) is 5.89. The molecular weight excluding hydrogens is 262 g/mol. The summed E-state index contributed by atoms with van der Waals surface area (Å²) in [6, 6.07) is 1.86. The van der Waals surface area contributed by atoms with E-state index in [-0.39, 0.29) is 0 Å². The Labute approximate surface area is 114 Å². The number of carbonyl (C=O) groups excluding carboxylic acids is 1. The van der Waals surface area contributed by atoms with E-state index in [0.29, 0.717) is 27.9 Å². The molecule has 0 saturated carbocycles. The molecule has 2 aromatic heterocycles. The van der Waals surface area contributed by atoms with Gasteiger partial charge >= 0.3 is 0 Å². The number of hydrogen-bond donors (Lipinski definition) is 0. The van der Waals surface area contributed by atoms with Crippen LogP contribution < -0.4 is 0 Å². The van der Waals surface area contributed by atoms with Crippen LogP contribution >= 0.6 is 0 Å². The molecule has 0 aliphatic heterocycles. The van der Waals surface area contributed by atoms with Crippen LogP contribution in [0.4, 0.5) is 0 Å². The van der Waals surface area contributed by atoms with Crippen molar-refractivity contribution in [2.45, 2.75) is 18.7 Å². The fourth-order valence-corrected chi connectivity index (χ4v) is 2.78. The van der Waals surface area contributed by atoms with Crippen molar-refractivity contribution in [2.75, 3.05) is 5.75 Å². The topological polar surface area (TPSA) is 64.8 Å². The zero-order valence-corrected chi connectivity index (χ0v) is 11.9. The second-order valence-electron chi connectivity index (χ2n) is 4.18. The third-order valence-corrected chi connectivity index (χ3v) is 4.18. The van der Waals surface area contributed by atoms with Crippen LogP contribution in [0, 0.1) is 6.92 Å². The van der Waals surface area contributed by atoms with E-state index in [2.05, 4.69) is 9.97 Å². The van der Waals surface area contributed by atoms with Gasteiger partial charge in [0.2, 0.25) is 0 Å². The summed E-state index contributed by atoms with van der Waals surface area (Å²) in [5, 5.41) is 0. The summed E-state index contributed by atoms with van der Waals surface area (Å²) in [4.78, 5) is 20.1. The SMILES string of the molecule is CCS(=O)c1cc(C)cnc1-c1ncc(C=O)n1C. The highest BCUT2D eigenvalue weighted by Gasteiger charge is 2.17. The van der Waals surface area contributed by atoms with Crippen LogP contribution in [0.5, 0.6) is 0 Å². The first-order chi connectivity index (χ1) is 9.08. The highest BCUT2D eigenvalue weighted by Crippen LogP contribution is 2.24. The zero-order valence-electron chi connectivity index (χ0n) is 11.1. The molecule has 1 unspecified atom stereocenters. The monoisotopic (exact) mass is 277 g/mol. The van der Waals surface area contributed by atoms with Gasteiger partial charge in [-0.15, -0.1) is 0 Å². The van der Waals surface area contributed by atoms with Crippen molar-refractivity contribution in [1.82, 2.24) is 14.5 Å². The summed E-state index contributed by atoms with van der Waals surface area (Å²) < 4.78 is 13.8. The highest BCUT2D eigenvalue weighted by molar-refractivity contribution is 7.85. The first-order valence-corrected chi connectivity index (χ1v) is 7.22. The molecule has 100 valence electrons. The number of aldehydes is 1. The fraction of sp³-hybridized carbons (Fsp3) is 0.308. The number of hydrogen-bond acceptors (Lipinski definition) is 4. The Morgan fingerprint density at radius 2 is 2.11 bits per heavy atom. The Hall–Kier alpha value is -1.82. The van der Waals surface area contributed by atoms with Crippen LogP contribution in [-0.2, 0) is 17.8 Å². The number of rotatable bonds is 4. The van der Waals surface area contributed by atoms with E-state index < -0.39 is 10.8 Å². The first-order valence-electron chi connectivity index (χ1n) is 5.90. The lowest BCUT2D eigenvalue weighted by atomic mass is 10.2. The van der Waals surface area contributed by atoms with Gasteiger partial charge < -0.3 is 4.57 Å². The Bertz CT molecular complexity index is 649. The number of aryl methyl sites for hydroxylation is 1. The Morgan fingerprint density at radius 3 is 2.68 bits per heavy atom. The predicted molar refractivity (Wildman–Crippen MR) is 73.5 cm³/mol. The van der Waals surface area contributed by atoms with E-state index in [4.69, 9.17) is 0 Å². The first kappa shape index (κ1) is 13.6. The Kier molecular flexibility index (Phi) is 3.90. The van der Waals surface area contributed by atoms with E-state index in [1.54, 1.807) is 17.8 Å². The number of nitrogens with zero attached hydrogens (tertiary/aromatic N) is 3. The van der Waals surface area contributed by atoms with Crippen molar-refractivity contribution in [3.63, 3.8) is 0 Å². The van der Waals surface area contributed by atoms with Crippen LogP contribution in [-0.4, -0.2) is 30.8 Å². The maximum atomic E-state index is 12.1. The van der Waals surface area contributed by atoms with Crippen molar-refractivity contribution in [3.8, 4) is 11.5 Å². The molecule has 19 heavy (non-hydrogen) atoms. The smallest absolute Gasteiger partial charge is 0.168 e. The van der Waals surface area contributed by atoms with Crippen molar-refractivity contribution in [1.29, 1.82) is 0 Å². The summed E-state index contributed by atoms with van der Waals surface area (Å²) >= 11 is 0. The van der Waals surface area contributed by atoms with E-state index in [9.17, 15) is 9.00 Å². The molecule has 0 amide bonds. The van der Waals surface area contributed by atoms with Gasteiger partial charge in [0.15, 0.2) is 12.1 Å². The van der Waals surface area contributed by atoms with Gasteiger partial charge in [0.25, 0.3) is 0 Å². The normalized spacial score (nSPS) is 12.4. The van der Waals surface area contributed by atoms with E-state index in [0.717, 1.165) is 11.8 Å². The van der Waals surface area contributed by atoms with E-state index in [1.165, 1.54) is 6.20 Å². The van der Waals surface area contributed by atoms with Crippen molar-refractivity contribution in [2.24, 2.45) is 7.05 Å². The van der Waals surface area contributed by atoms with Crippen LogP contribution in [0.3, 0.4) is 0 Å². The molecule has 1 atom stereocenters. The van der Waals surface area contributed by atoms with Crippen LogP contribution in [0.15, 0.2) is 23.4 Å². The number of pyridine rings is 1. The van der Waals surface area contributed by atoms with Gasteiger partial charge in [-0.3, -0.25) is 14.0 Å². The third-order valence-electron chi connectivity index (χ3n) is 2.85. The van der Waals surface area contributed by atoms with Gasteiger partial charge in [0.1, 0.15) is 11.4 Å². The maximum Gasteiger partial charge on any atom is 0.168 e. The third kappa shape index (κ3) is 2.49. The Balaban J connectivity index is 2.64. The second kappa shape index (κ2) is 5.44. The molecule has 0 saturated heterocycles. The molecule has 0 aliphatic carbocycles. The molecule has 0 bridgehead atoms. The predicted octanol–water partition coefficient (Wildman–Crippen LogP) is 1.73. The molecule has 0 aromatic carbocycles. The lowest BCUT2D eigenvalue weighted by Gasteiger charge is -2.08. The summed E-state index contributed by atoms with van der Waals surface area (Å²) in [5.41, 5.74) is 1.98. The summed E-state index contributed by atoms with van der Waals surface area (Å²) in [6.45, 7) is 3.76. The van der Waals surface area contributed by atoms with E-state index in [1.807, 2.05) is 19.9 Å². The zero-order chi connectivity index (χ0) is 14.0. The molecule has 0 radical (unpaired) electrons. The molecule has 0 fully saturated rings. The molecule has 2 aromatic rings. The van der Waals surface area contributed by atoms with Gasteiger partial charge in [-0.2, -0.15) is 0 Å². The Morgan fingerprint density at radius 1 is 1.37 bits per heavy atom. The summed E-state index contributed by atoms with van der Waals surface area (Å²) in [7, 11) is 0.624. The summed E-state index contributed by atoms with van der Waals surface area (Å²) in [6.07, 6.45) is 3.94. The largest absolute Gasteiger partial charge is 0.324 e. The minimum atomic E-state index is -1.12. The van der Waals surface area contributed by atoms with Crippen LogP contribution in [0.1, 0.15) is 23.0 Å². The van der Waals surface area contributed by atoms with Crippen LogP contribution in [0.25, 0.3) is 11.5 Å². The average molecular weight is 277 g/mol. The highest BCUT2D eigenvalue weighted by atomic mass is 32.2. The number of imidazole rings is 1. The van der Waals surface area contributed by atoms with Crippen molar-refractivity contribution < 1.29 is 9.00 Å². The number of carbonyl (C=O) groups is 1. The van der Waals surface area contributed by atoms with Gasteiger partial charge in [-0.25, -0.2) is 4.98 Å². The molecule has 0 aliphatic rings. The molecule has 5 nitrogen and oxygen atoms in total. The fourth-order valence-electron chi connectivity index (χ4n) is 1.79. The van der Waals surface area contributed by atoms with Gasteiger partial charge in [0, 0.05) is 19.0 Å². The van der Waals surface area contributed by atoms with Crippen LogP contribution in [0.2, 0.25) is 0 Å². The minimum absolute atomic E-state index is 0.464. The quantitative estimate of drug-likeness (QED) is 0.798. The molecule has 2 heterocycles. The molecule has 0 N–H and O–H groups in total. The van der Waals surface area contributed by atoms with Crippen molar-refractivity contribution in [3.05, 3.63) is 29.7 Å². The van der Waals surface area contributed by atoms with Gasteiger partial charge in [-0.1, -0.05) is 6.92 Å². The van der Waals surface area contributed by atoms with Gasteiger partial charge in [-0.05, 0) is 18.6 Å². The molecule has 0 spiro atoms. The van der Waals surface area contributed by atoms with Gasteiger partial charge in [0.05, 0.1) is 21.9 Å². The van der Waals surface area contributed by atoms with E-state index >= 15 is 0 Å². The lowest BCUT2D eigenvalue weighted by Crippen LogP contribution is -2.04. The average Bonchev–Trinajstić information content (AvgIpc) is 2.79. The number of aromatic nitrogens is 3. The van der Waals surface area contributed by atoms with Crippen molar-refractivity contribution >= 4 is 17.1 Å². The molecular formula is C13H15N3O2S. The summed E-state index contributed by atoms with van der Waals surface area (Å²) in [5.74, 6) is 1.07. The molecule has 2 rings (SSSR count). The maximum absolute atomic E-state index is 12.1. The standard InChI is InChI=1S/C13H15N3O2S/c1-4-19(18)11-5-9(2)6-14-12(11)13-15-7-10(8-17)16(13)3/h5-8H,4H2,1-3H3. The molecule has 6 heteroatoms.